The molecule has 96 valence electrons. The summed E-state index contributed by atoms with van der Waals surface area (Å²) < 4.78 is 7.43. The van der Waals surface area contributed by atoms with Gasteiger partial charge in [-0.15, -0.1) is 5.10 Å². The number of hydrogen-bond acceptors (Lipinski definition) is 4. The Bertz CT molecular complexity index is 521. The maximum absolute atomic E-state index is 5.77. The first kappa shape index (κ1) is 12.6. The third-order valence-corrected chi connectivity index (χ3v) is 2.66. The summed E-state index contributed by atoms with van der Waals surface area (Å²) in [5.74, 6) is 0.872. The molecule has 5 heteroatoms. The Balaban J connectivity index is 2.08. The van der Waals surface area contributed by atoms with Gasteiger partial charge in [0.15, 0.2) is 0 Å². The Kier molecular flexibility index (Phi) is 3.94. The molecule has 0 saturated heterocycles. The van der Waals surface area contributed by atoms with E-state index < -0.39 is 0 Å². The fourth-order valence-electron chi connectivity index (χ4n) is 1.81. The van der Waals surface area contributed by atoms with E-state index in [0.717, 1.165) is 23.4 Å². The van der Waals surface area contributed by atoms with Crippen LogP contribution in [-0.2, 0) is 20.1 Å². The van der Waals surface area contributed by atoms with E-state index in [9.17, 15) is 0 Å². The van der Waals surface area contributed by atoms with Gasteiger partial charge in [-0.25, -0.2) is 0 Å². The van der Waals surface area contributed by atoms with Gasteiger partial charge in [-0.2, -0.15) is 0 Å². The fourth-order valence-corrected chi connectivity index (χ4v) is 1.81. The first-order chi connectivity index (χ1) is 8.69. The molecule has 0 spiro atoms. The highest BCUT2D eigenvalue weighted by molar-refractivity contribution is 5.37. The average molecular weight is 246 g/mol. The van der Waals surface area contributed by atoms with Crippen molar-refractivity contribution in [3.8, 4) is 5.75 Å². The van der Waals surface area contributed by atoms with Crippen LogP contribution >= 0.6 is 0 Å². The number of hydrogen-bond donors (Lipinski definition) is 1. The minimum Gasteiger partial charge on any atom is -0.487 e. The van der Waals surface area contributed by atoms with Crippen molar-refractivity contribution in [3.05, 3.63) is 41.2 Å². The third kappa shape index (κ3) is 3.07. The number of aryl methyl sites for hydroxylation is 2. The van der Waals surface area contributed by atoms with Crippen molar-refractivity contribution in [2.24, 2.45) is 12.8 Å². The summed E-state index contributed by atoms with van der Waals surface area (Å²) in [6, 6.07) is 6.13. The van der Waals surface area contributed by atoms with Crippen molar-refractivity contribution < 1.29 is 4.74 Å². The molecule has 0 bridgehead atoms. The average Bonchev–Trinajstić information content (AvgIpc) is 2.75. The monoisotopic (exact) mass is 246 g/mol. The maximum Gasteiger partial charge on any atom is 0.134 e. The van der Waals surface area contributed by atoms with Gasteiger partial charge in [0.1, 0.15) is 18.1 Å². The number of ether oxygens (including phenoxy) is 1. The van der Waals surface area contributed by atoms with Gasteiger partial charge in [-0.05, 0) is 31.5 Å². The molecule has 0 fully saturated rings. The minimum atomic E-state index is 0.425. The summed E-state index contributed by atoms with van der Waals surface area (Å²) >= 11 is 0. The topological polar surface area (TPSA) is 66.0 Å². The SMILES string of the molecule is Cc1ccc(OCc2cn(C)nn2)c(CCN)c1. The van der Waals surface area contributed by atoms with Crippen LogP contribution < -0.4 is 10.5 Å². The lowest BCUT2D eigenvalue weighted by Gasteiger charge is -2.10. The first-order valence-electron chi connectivity index (χ1n) is 5.96. The number of nitrogens with zero attached hydrogens (tertiary/aromatic N) is 3. The van der Waals surface area contributed by atoms with Crippen LogP contribution in [0.25, 0.3) is 0 Å². The van der Waals surface area contributed by atoms with Crippen LogP contribution in [0.3, 0.4) is 0 Å². The predicted octanol–water partition coefficient (Wildman–Crippen LogP) is 1.20. The molecular weight excluding hydrogens is 228 g/mol. The zero-order valence-corrected chi connectivity index (χ0v) is 10.8. The molecule has 2 N–H and O–H groups in total. The molecule has 18 heavy (non-hydrogen) atoms. The maximum atomic E-state index is 5.77. The lowest BCUT2D eigenvalue weighted by Crippen LogP contribution is -2.06. The van der Waals surface area contributed by atoms with Crippen molar-refractivity contribution >= 4 is 0 Å². The van der Waals surface area contributed by atoms with E-state index in [1.165, 1.54) is 5.56 Å². The van der Waals surface area contributed by atoms with Gasteiger partial charge in [0.2, 0.25) is 0 Å². The smallest absolute Gasteiger partial charge is 0.134 e. The molecule has 0 radical (unpaired) electrons. The summed E-state index contributed by atoms with van der Waals surface area (Å²) in [6.07, 6.45) is 2.66. The van der Waals surface area contributed by atoms with Crippen molar-refractivity contribution in [2.75, 3.05) is 6.54 Å². The van der Waals surface area contributed by atoms with E-state index in [2.05, 4.69) is 23.3 Å². The van der Waals surface area contributed by atoms with Gasteiger partial charge in [-0.1, -0.05) is 22.9 Å². The molecule has 2 rings (SSSR count). The number of benzene rings is 1. The Morgan fingerprint density at radius 2 is 2.22 bits per heavy atom. The largest absolute Gasteiger partial charge is 0.487 e. The molecule has 0 aliphatic heterocycles. The standard InChI is InChI=1S/C13H18N4O/c1-10-3-4-13(11(7-10)5-6-14)18-9-12-8-17(2)16-15-12/h3-4,7-8H,5-6,9,14H2,1-2H3. The zero-order chi connectivity index (χ0) is 13.0. The van der Waals surface area contributed by atoms with Crippen LogP contribution in [0.1, 0.15) is 16.8 Å². The van der Waals surface area contributed by atoms with Crippen LogP contribution in [0.4, 0.5) is 0 Å². The van der Waals surface area contributed by atoms with Crippen LogP contribution in [-0.4, -0.2) is 21.5 Å². The van der Waals surface area contributed by atoms with Crippen molar-refractivity contribution in [1.82, 2.24) is 15.0 Å². The highest BCUT2D eigenvalue weighted by Crippen LogP contribution is 2.21. The van der Waals surface area contributed by atoms with Gasteiger partial charge in [0.25, 0.3) is 0 Å². The van der Waals surface area contributed by atoms with E-state index >= 15 is 0 Å². The number of aromatic nitrogens is 3. The molecule has 0 amide bonds. The van der Waals surface area contributed by atoms with Gasteiger partial charge in [0.05, 0.1) is 6.20 Å². The molecule has 0 saturated carbocycles. The van der Waals surface area contributed by atoms with Crippen molar-refractivity contribution in [1.29, 1.82) is 0 Å². The molecule has 0 atom stereocenters. The molecule has 1 aromatic carbocycles. The molecular formula is C13H18N4O. The molecule has 2 aromatic rings. The summed E-state index contributed by atoms with van der Waals surface area (Å²) in [7, 11) is 1.84. The van der Waals surface area contributed by atoms with Gasteiger partial charge < -0.3 is 10.5 Å². The Labute approximate surface area is 107 Å². The molecule has 5 nitrogen and oxygen atoms in total. The molecule has 1 heterocycles. The predicted molar refractivity (Wildman–Crippen MR) is 69.3 cm³/mol. The highest BCUT2D eigenvalue weighted by Gasteiger charge is 2.05. The summed E-state index contributed by atoms with van der Waals surface area (Å²) in [4.78, 5) is 0. The molecule has 0 unspecified atom stereocenters. The molecule has 0 aliphatic carbocycles. The van der Waals surface area contributed by atoms with Gasteiger partial charge in [-0.3, -0.25) is 4.68 Å². The summed E-state index contributed by atoms with van der Waals surface area (Å²) in [5, 5.41) is 7.86. The summed E-state index contributed by atoms with van der Waals surface area (Å²) in [5.41, 5.74) is 8.78. The second kappa shape index (κ2) is 5.64. The Hall–Kier alpha value is -1.88. The van der Waals surface area contributed by atoms with E-state index in [0.29, 0.717) is 13.2 Å². The lowest BCUT2D eigenvalue weighted by molar-refractivity contribution is 0.298. The van der Waals surface area contributed by atoms with Crippen molar-refractivity contribution in [2.45, 2.75) is 20.0 Å². The second-order valence-corrected chi connectivity index (χ2v) is 4.32. The second-order valence-electron chi connectivity index (χ2n) is 4.32. The van der Waals surface area contributed by atoms with E-state index in [-0.39, 0.29) is 0 Å². The third-order valence-electron chi connectivity index (χ3n) is 2.66. The van der Waals surface area contributed by atoms with Crippen LogP contribution in [0, 0.1) is 6.92 Å². The molecule has 0 aliphatic rings. The first-order valence-corrected chi connectivity index (χ1v) is 5.96. The quantitative estimate of drug-likeness (QED) is 0.861. The summed E-state index contributed by atoms with van der Waals surface area (Å²) in [6.45, 7) is 3.10. The van der Waals surface area contributed by atoms with E-state index in [1.807, 2.05) is 25.4 Å². The molecule has 1 aromatic heterocycles. The zero-order valence-electron chi connectivity index (χ0n) is 10.8. The van der Waals surface area contributed by atoms with Crippen LogP contribution in [0.5, 0.6) is 5.75 Å². The van der Waals surface area contributed by atoms with Gasteiger partial charge >= 0.3 is 0 Å². The van der Waals surface area contributed by atoms with Gasteiger partial charge in [0, 0.05) is 7.05 Å². The van der Waals surface area contributed by atoms with Crippen molar-refractivity contribution in [3.63, 3.8) is 0 Å². The normalized spacial score (nSPS) is 10.6. The fraction of sp³-hybridized carbons (Fsp3) is 0.385. The Morgan fingerprint density at radius 3 is 2.89 bits per heavy atom. The Morgan fingerprint density at radius 1 is 1.39 bits per heavy atom. The van der Waals surface area contributed by atoms with E-state index in [4.69, 9.17) is 10.5 Å². The van der Waals surface area contributed by atoms with Crippen LogP contribution in [0.2, 0.25) is 0 Å². The number of rotatable bonds is 5. The lowest BCUT2D eigenvalue weighted by atomic mass is 10.1. The van der Waals surface area contributed by atoms with Crippen LogP contribution in [0.15, 0.2) is 24.4 Å². The minimum absolute atomic E-state index is 0.425. The number of nitrogens with two attached hydrogens (primary N) is 1. The van der Waals surface area contributed by atoms with E-state index in [1.54, 1.807) is 4.68 Å². The highest BCUT2D eigenvalue weighted by atomic mass is 16.5.